The van der Waals surface area contributed by atoms with E-state index < -0.39 is 12.4 Å². The number of ether oxygens (including phenoxy) is 1. The maximum Gasteiger partial charge on any atom is 0.256 e. The molecule has 0 spiro atoms. The zero-order valence-electron chi connectivity index (χ0n) is 9.65. The van der Waals surface area contributed by atoms with Crippen LogP contribution in [-0.4, -0.2) is 10.1 Å². The van der Waals surface area contributed by atoms with Gasteiger partial charge in [-0.25, -0.2) is 9.37 Å². The Morgan fingerprint density at radius 2 is 2.17 bits per heavy atom. The molecule has 0 radical (unpaired) electrons. The molecule has 2 rings (SSSR count). The Morgan fingerprint density at radius 3 is 2.83 bits per heavy atom. The highest BCUT2D eigenvalue weighted by atomic mass is 35.5. The van der Waals surface area contributed by atoms with Crippen LogP contribution in [0.2, 0.25) is 5.02 Å². The van der Waals surface area contributed by atoms with Crippen LogP contribution in [0.3, 0.4) is 0 Å². The predicted molar refractivity (Wildman–Crippen MR) is 66.4 cm³/mol. The van der Waals surface area contributed by atoms with E-state index in [4.69, 9.17) is 21.4 Å². The van der Waals surface area contributed by atoms with Crippen molar-refractivity contribution < 1.29 is 14.2 Å². The number of hydrogen-bond acceptors (Lipinski definition) is 3. The molecule has 1 N–H and O–H groups in total. The summed E-state index contributed by atoms with van der Waals surface area (Å²) in [5, 5.41) is 9.54. The summed E-state index contributed by atoms with van der Waals surface area (Å²) in [6, 6.07) is 6.41. The molecule has 3 nitrogen and oxygen atoms in total. The Balaban J connectivity index is 2.34. The average Bonchev–Trinajstić information content (AvgIpc) is 2.35. The van der Waals surface area contributed by atoms with Crippen LogP contribution in [0, 0.1) is 12.7 Å². The Morgan fingerprint density at radius 1 is 1.39 bits per heavy atom. The second-order valence-corrected chi connectivity index (χ2v) is 4.20. The number of rotatable bonds is 3. The van der Waals surface area contributed by atoms with E-state index in [0.29, 0.717) is 10.8 Å². The number of halogens is 2. The van der Waals surface area contributed by atoms with Crippen LogP contribution in [0.5, 0.6) is 11.6 Å². The standard InChI is InChI=1S/C13H11ClFNO2/c1-8-6-10(14)2-3-11(8)18-13-12(15)9(7-17)4-5-16-13/h2-6,17H,7H2,1H3. The summed E-state index contributed by atoms with van der Waals surface area (Å²) in [6.07, 6.45) is 1.38. The van der Waals surface area contributed by atoms with Crippen molar-refractivity contribution in [2.75, 3.05) is 0 Å². The van der Waals surface area contributed by atoms with Crippen LogP contribution in [0.15, 0.2) is 30.5 Å². The van der Waals surface area contributed by atoms with Crippen molar-refractivity contribution in [3.63, 3.8) is 0 Å². The SMILES string of the molecule is Cc1cc(Cl)ccc1Oc1nccc(CO)c1F. The summed E-state index contributed by atoms with van der Waals surface area (Å²) in [5.74, 6) is -0.345. The lowest BCUT2D eigenvalue weighted by Crippen LogP contribution is -1.98. The Kier molecular flexibility index (Phi) is 3.79. The third kappa shape index (κ3) is 2.60. The zero-order valence-corrected chi connectivity index (χ0v) is 10.4. The van der Waals surface area contributed by atoms with Gasteiger partial charge in [0.15, 0.2) is 5.82 Å². The fraction of sp³-hybridized carbons (Fsp3) is 0.154. The van der Waals surface area contributed by atoms with Gasteiger partial charge in [-0.2, -0.15) is 0 Å². The number of aryl methyl sites for hydroxylation is 1. The Hall–Kier alpha value is -1.65. The smallest absolute Gasteiger partial charge is 0.256 e. The van der Waals surface area contributed by atoms with E-state index >= 15 is 0 Å². The van der Waals surface area contributed by atoms with E-state index in [-0.39, 0.29) is 11.4 Å². The first-order valence-corrected chi connectivity index (χ1v) is 5.68. The number of hydrogen-bond donors (Lipinski definition) is 1. The molecular weight excluding hydrogens is 257 g/mol. The molecule has 94 valence electrons. The van der Waals surface area contributed by atoms with Crippen LogP contribution < -0.4 is 4.74 Å². The maximum absolute atomic E-state index is 13.8. The van der Waals surface area contributed by atoms with Crippen LogP contribution in [0.1, 0.15) is 11.1 Å². The van der Waals surface area contributed by atoms with Crippen LogP contribution in [-0.2, 0) is 6.61 Å². The van der Waals surface area contributed by atoms with E-state index in [1.165, 1.54) is 12.3 Å². The molecule has 0 aliphatic heterocycles. The van der Waals surface area contributed by atoms with Crippen molar-refractivity contribution in [3.05, 3.63) is 52.4 Å². The van der Waals surface area contributed by atoms with E-state index in [9.17, 15) is 4.39 Å². The van der Waals surface area contributed by atoms with E-state index in [0.717, 1.165) is 5.56 Å². The van der Waals surface area contributed by atoms with E-state index in [1.54, 1.807) is 25.1 Å². The van der Waals surface area contributed by atoms with Crippen molar-refractivity contribution in [2.45, 2.75) is 13.5 Å². The topological polar surface area (TPSA) is 42.4 Å². The second-order valence-electron chi connectivity index (χ2n) is 3.76. The van der Waals surface area contributed by atoms with Gasteiger partial charge in [0.2, 0.25) is 0 Å². The fourth-order valence-corrected chi connectivity index (χ4v) is 1.71. The number of nitrogens with zero attached hydrogens (tertiary/aromatic N) is 1. The lowest BCUT2D eigenvalue weighted by molar-refractivity contribution is 0.273. The lowest BCUT2D eigenvalue weighted by atomic mass is 10.2. The zero-order chi connectivity index (χ0) is 13.1. The molecular formula is C13H11ClFNO2. The third-order valence-corrected chi connectivity index (χ3v) is 2.69. The first-order chi connectivity index (χ1) is 8.61. The molecule has 0 atom stereocenters. The minimum atomic E-state index is -0.658. The van der Waals surface area contributed by atoms with Gasteiger partial charge in [0.05, 0.1) is 6.61 Å². The van der Waals surface area contributed by atoms with Gasteiger partial charge in [0.25, 0.3) is 5.88 Å². The largest absolute Gasteiger partial charge is 0.436 e. The summed E-state index contributed by atoms with van der Waals surface area (Å²) in [7, 11) is 0. The van der Waals surface area contributed by atoms with Crippen LogP contribution in [0.25, 0.3) is 0 Å². The summed E-state index contributed by atoms with van der Waals surface area (Å²) < 4.78 is 19.2. The molecule has 1 heterocycles. The maximum atomic E-state index is 13.8. The van der Waals surface area contributed by atoms with E-state index in [1.807, 2.05) is 0 Å². The molecule has 0 fully saturated rings. The van der Waals surface area contributed by atoms with Crippen LogP contribution in [0.4, 0.5) is 4.39 Å². The van der Waals surface area contributed by atoms with Gasteiger partial charge >= 0.3 is 0 Å². The molecule has 0 saturated heterocycles. The number of aliphatic hydroxyl groups excluding tert-OH is 1. The number of aliphatic hydroxyl groups is 1. The highest BCUT2D eigenvalue weighted by Gasteiger charge is 2.12. The number of pyridine rings is 1. The monoisotopic (exact) mass is 267 g/mol. The molecule has 1 aromatic carbocycles. The van der Waals surface area contributed by atoms with Crippen molar-refractivity contribution >= 4 is 11.6 Å². The van der Waals surface area contributed by atoms with E-state index in [2.05, 4.69) is 4.98 Å². The molecule has 1 aromatic heterocycles. The third-order valence-electron chi connectivity index (χ3n) is 2.45. The quantitative estimate of drug-likeness (QED) is 0.926. The van der Waals surface area contributed by atoms with Gasteiger partial charge < -0.3 is 9.84 Å². The first-order valence-electron chi connectivity index (χ1n) is 5.30. The molecule has 0 aliphatic carbocycles. The van der Waals surface area contributed by atoms with Gasteiger partial charge in [-0.05, 0) is 36.8 Å². The van der Waals surface area contributed by atoms with Gasteiger partial charge in [0, 0.05) is 16.8 Å². The fourth-order valence-electron chi connectivity index (χ4n) is 1.49. The average molecular weight is 268 g/mol. The molecule has 0 bridgehead atoms. The number of benzene rings is 1. The summed E-state index contributed by atoms with van der Waals surface area (Å²) in [5.41, 5.74) is 0.921. The lowest BCUT2D eigenvalue weighted by Gasteiger charge is -2.09. The van der Waals surface area contributed by atoms with Gasteiger partial charge in [0.1, 0.15) is 5.75 Å². The van der Waals surface area contributed by atoms with Crippen molar-refractivity contribution in [1.29, 1.82) is 0 Å². The van der Waals surface area contributed by atoms with Gasteiger partial charge in [-0.1, -0.05) is 11.6 Å². The van der Waals surface area contributed by atoms with Gasteiger partial charge in [-0.15, -0.1) is 0 Å². The van der Waals surface area contributed by atoms with Crippen LogP contribution >= 0.6 is 11.6 Å². The first kappa shape index (κ1) is 12.8. The molecule has 0 aliphatic rings. The minimum absolute atomic E-state index is 0.145. The molecule has 2 aromatic rings. The molecule has 0 saturated carbocycles. The Labute approximate surface area is 109 Å². The summed E-state index contributed by atoms with van der Waals surface area (Å²) in [6.45, 7) is 1.40. The van der Waals surface area contributed by atoms with Gasteiger partial charge in [-0.3, -0.25) is 0 Å². The highest BCUT2D eigenvalue weighted by molar-refractivity contribution is 6.30. The molecule has 5 heteroatoms. The summed E-state index contributed by atoms with van der Waals surface area (Å²) >= 11 is 5.82. The van der Waals surface area contributed by atoms with Crippen molar-refractivity contribution in [3.8, 4) is 11.6 Å². The highest BCUT2D eigenvalue weighted by Crippen LogP contribution is 2.28. The van der Waals surface area contributed by atoms with Crippen molar-refractivity contribution in [1.82, 2.24) is 4.98 Å². The molecule has 0 amide bonds. The molecule has 0 unspecified atom stereocenters. The molecule has 18 heavy (non-hydrogen) atoms. The minimum Gasteiger partial charge on any atom is -0.436 e. The second kappa shape index (κ2) is 5.33. The predicted octanol–water partition coefficient (Wildman–Crippen LogP) is 3.47. The van der Waals surface area contributed by atoms with Crippen molar-refractivity contribution in [2.24, 2.45) is 0 Å². The number of aromatic nitrogens is 1. The summed E-state index contributed by atoms with van der Waals surface area (Å²) in [4.78, 5) is 3.80. The Bertz CT molecular complexity index is 575. The normalized spacial score (nSPS) is 10.4.